The van der Waals surface area contributed by atoms with Crippen LogP contribution in [0.1, 0.15) is 48.1 Å². The fourth-order valence-corrected chi connectivity index (χ4v) is 3.47. The first kappa shape index (κ1) is 23.2. The first-order chi connectivity index (χ1) is 15.3. The third kappa shape index (κ3) is 5.43. The van der Waals surface area contributed by atoms with Gasteiger partial charge in [-0.05, 0) is 52.3 Å². The average Bonchev–Trinajstić information content (AvgIpc) is 3.02. The molecular weight excluding hydrogens is 406 g/mol. The van der Waals surface area contributed by atoms with Crippen molar-refractivity contribution in [3.05, 3.63) is 52.6 Å². The number of hydrogen-bond acceptors (Lipinski definition) is 6. The van der Waals surface area contributed by atoms with Crippen LogP contribution < -0.4 is 14.8 Å². The predicted octanol–water partition coefficient (Wildman–Crippen LogP) is 4.26. The molecular formula is C24H31N5O3. The summed E-state index contributed by atoms with van der Waals surface area (Å²) in [7, 11) is 1.59. The molecule has 3 rings (SSSR count). The van der Waals surface area contributed by atoms with Crippen LogP contribution in [0.4, 0.5) is 5.69 Å². The van der Waals surface area contributed by atoms with Crippen molar-refractivity contribution in [3.63, 3.8) is 0 Å². The SMILES string of the molecule is CCCCOc1ccc(OC)cc1NC(=O)Cc1c(C)nn(-c2nc(C)cc(C)n2)c1C. The van der Waals surface area contributed by atoms with Gasteiger partial charge in [-0.15, -0.1) is 0 Å². The van der Waals surface area contributed by atoms with E-state index in [0.29, 0.717) is 29.7 Å². The third-order valence-electron chi connectivity index (χ3n) is 5.15. The van der Waals surface area contributed by atoms with Crippen molar-refractivity contribution < 1.29 is 14.3 Å². The second-order valence-corrected chi connectivity index (χ2v) is 7.80. The van der Waals surface area contributed by atoms with Crippen LogP contribution in [0.25, 0.3) is 5.95 Å². The normalized spacial score (nSPS) is 10.8. The van der Waals surface area contributed by atoms with E-state index in [1.165, 1.54) is 0 Å². The van der Waals surface area contributed by atoms with Gasteiger partial charge in [0.2, 0.25) is 5.91 Å². The fourth-order valence-electron chi connectivity index (χ4n) is 3.47. The molecule has 0 radical (unpaired) electrons. The molecule has 1 N–H and O–H groups in total. The topological polar surface area (TPSA) is 91.2 Å². The lowest BCUT2D eigenvalue weighted by molar-refractivity contribution is -0.115. The summed E-state index contributed by atoms with van der Waals surface area (Å²) in [5.74, 6) is 1.62. The zero-order chi connectivity index (χ0) is 23.3. The minimum Gasteiger partial charge on any atom is -0.497 e. The molecule has 0 bridgehead atoms. The van der Waals surface area contributed by atoms with Crippen molar-refractivity contribution in [2.45, 2.75) is 53.9 Å². The summed E-state index contributed by atoms with van der Waals surface area (Å²) in [4.78, 5) is 21.9. The monoisotopic (exact) mass is 437 g/mol. The third-order valence-corrected chi connectivity index (χ3v) is 5.15. The van der Waals surface area contributed by atoms with Crippen LogP contribution >= 0.6 is 0 Å². The van der Waals surface area contributed by atoms with Crippen LogP contribution in [-0.4, -0.2) is 39.4 Å². The minimum atomic E-state index is -0.161. The van der Waals surface area contributed by atoms with Gasteiger partial charge in [-0.3, -0.25) is 4.79 Å². The lowest BCUT2D eigenvalue weighted by atomic mass is 10.1. The van der Waals surface area contributed by atoms with Gasteiger partial charge in [0.25, 0.3) is 5.95 Å². The number of nitrogens with zero attached hydrogens (tertiary/aromatic N) is 4. The molecule has 0 aliphatic carbocycles. The van der Waals surface area contributed by atoms with Gasteiger partial charge in [-0.25, -0.2) is 14.6 Å². The quantitative estimate of drug-likeness (QED) is 0.503. The van der Waals surface area contributed by atoms with Crippen molar-refractivity contribution in [1.82, 2.24) is 19.7 Å². The van der Waals surface area contributed by atoms with Crippen LogP contribution in [0.15, 0.2) is 24.3 Å². The molecule has 8 heteroatoms. The summed E-state index contributed by atoms with van der Waals surface area (Å²) in [6.45, 7) is 10.4. The Hall–Kier alpha value is -3.42. The molecule has 0 saturated carbocycles. The van der Waals surface area contributed by atoms with Gasteiger partial charge in [-0.2, -0.15) is 5.10 Å². The summed E-state index contributed by atoms with van der Waals surface area (Å²) in [6, 6.07) is 7.32. The Kier molecular flexibility index (Phi) is 7.45. The zero-order valence-corrected chi connectivity index (χ0v) is 19.7. The van der Waals surface area contributed by atoms with Crippen molar-refractivity contribution in [2.75, 3.05) is 19.0 Å². The van der Waals surface area contributed by atoms with Gasteiger partial charge in [-0.1, -0.05) is 13.3 Å². The van der Waals surface area contributed by atoms with Crippen molar-refractivity contribution >= 4 is 11.6 Å². The number of aromatic nitrogens is 4. The molecule has 2 heterocycles. The molecule has 0 atom stereocenters. The van der Waals surface area contributed by atoms with E-state index in [-0.39, 0.29) is 12.3 Å². The molecule has 32 heavy (non-hydrogen) atoms. The molecule has 1 amide bonds. The van der Waals surface area contributed by atoms with E-state index < -0.39 is 0 Å². The zero-order valence-electron chi connectivity index (χ0n) is 19.7. The maximum Gasteiger partial charge on any atom is 0.251 e. The van der Waals surface area contributed by atoms with Crippen molar-refractivity contribution in [1.29, 1.82) is 0 Å². The molecule has 3 aromatic rings. The highest BCUT2D eigenvalue weighted by Gasteiger charge is 2.19. The fraction of sp³-hybridized carbons (Fsp3) is 0.417. The molecule has 170 valence electrons. The molecule has 0 fully saturated rings. The number of unbranched alkanes of at least 4 members (excludes halogenated alkanes) is 1. The Morgan fingerprint density at radius 1 is 1.09 bits per heavy atom. The summed E-state index contributed by atoms with van der Waals surface area (Å²) < 4.78 is 12.9. The number of benzene rings is 1. The Morgan fingerprint density at radius 2 is 1.81 bits per heavy atom. The summed E-state index contributed by atoms with van der Waals surface area (Å²) in [6.07, 6.45) is 2.15. The smallest absolute Gasteiger partial charge is 0.251 e. The Morgan fingerprint density at radius 3 is 2.47 bits per heavy atom. The summed E-state index contributed by atoms with van der Waals surface area (Å²) in [5, 5.41) is 7.55. The first-order valence-corrected chi connectivity index (χ1v) is 10.8. The number of methoxy groups -OCH3 is 1. The summed E-state index contributed by atoms with van der Waals surface area (Å²) >= 11 is 0. The second kappa shape index (κ2) is 10.3. The van der Waals surface area contributed by atoms with E-state index in [1.54, 1.807) is 17.9 Å². The summed E-state index contributed by atoms with van der Waals surface area (Å²) in [5.41, 5.74) is 4.78. The second-order valence-electron chi connectivity index (χ2n) is 7.80. The van der Waals surface area contributed by atoms with Crippen molar-refractivity contribution in [3.8, 4) is 17.4 Å². The molecule has 0 aliphatic rings. The molecule has 8 nitrogen and oxygen atoms in total. The van der Waals surface area contributed by atoms with E-state index in [0.717, 1.165) is 41.2 Å². The number of carbonyl (C=O) groups excluding carboxylic acids is 1. The Labute approximate surface area is 189 Å². The highest BCUT2D eigenvalue weighted by atomic mass is 16.5. The van der Waals surface area contributed by atoms with E-state index in [9.17, 15) is 4.79 Å². The predicted molar refractivity (Wildman–Crippen MR) is 124 cm³/mol. The maximum absolute atomic E-state index is 12.9. The number of aryl methyl sites for hydroxylation is 3. The average molecular weight is 438 g/mol. The number of nitrogens with one attached hydrogen (secondary N) is 1. The van der Waals surface area contributed by atoms with Gasteiger partial charge in [0.1, 0.15) is 11.5 Å². The van der Waals surface area contributed by atoms with Gasteiger partial charge in [0.15, 0.2) is 0 Å². The highest BCUT2D eigenvalue weighted by molar-refractivity contribution is 5.94. The lowest BCUT2D eigenvalue weighted by Gasteiger charge is -2.14. The van der Waals surface area contributed by atoms with Crippen LogP contribution in [0, 0.1) is 27.7 Å². The molecule has 0 saturated heterocycles. The standard InChI is InChI=1S/C24H31N5O3/c1-7-8-11-32-22-10-9-19(31-6)13-21(22)27-23(30)14-20-17(4)28-29(18(20)5)24-25-15(2)12-16(3)26-24/h9-10,12-13H,7-8,11,14H2,1-6H3,(H,27,30). The Bertz CT molecular complexity index is 1090. The minimum absolute atomic E-state index is 0.161. The number of amides is 1. The molecule has 2 aromatic heterocycles. The van der Waals surface area contributed by atoms with E-state index in [2.05, 4.69) is 27.3 Å². The van der Waals surface area contributed by atoms with Crippen LogP contribution in [0.5, 0.6) is 11.5 Å². The molecule has 0 unspecified atom stereocenters. The van der Waals surface area contributed by atoms with Gasteiger partial charge >= 0.3 is 0 Å². The van der Waals surface area contributed by atoms with E-state index in [1.807, 2.05) is 45.9 Å². The Balaban J connectivity index is 1.82. The number of rotatable bonds is 9. The van der Waals surface area contributed by atoms with Crippen LogP contribution in [-0.2, 0) is 11.2 Å². The number of carbonyl (C=O) groups is 1. The van der Waals surface area contributed by atoms with Gasteiger partial charge in [0, 0.05) is 28.7 Å². The maximum atomic E-state index is 12.9. The van der Waals surface area contributed by atoms with Crippen LogP contribution in [0.2, 0.25) is 0 Å². The molecule has 1 aromatic carbocycles. The number of hydrogen-bond donors (Lipinski definition) is 1. The number of anilines is 1. The van der Waals surface area contributed by atoms with E-state index >= 15 is 0 Å². The largest absolute Gasteiger partial charge is 0.497 e. The van der Waals surface area contributed by atoms with Gasteiger partial charge < -0.3 is 14.8 Å². The lowest BCUT2D eigenvalue weighted by Crippen LogP contribution is -2.16. The highest BCUT2D eigenvalue weighted by Crippen LogP contribution is 2.30. The van der Waals surface area contributed by atoms with E-state index in [4.69, 9.17) is 9.47 Å². The van der Waals surface area contributed by atoms with Crippen molar-refractivity contribution in [2.24, 2.45) is 0 Å². The van der Waals surface area contributed by atoms with Gasteiger partial charge in [0.05, 0.1) is 31.5 Å². The van der Waals surface area contributed by atoms with Crippen LogP contribution in [0.3, 0.4) is 0 Å². The molecule has 0 spiro atoms. The molecule has 0 aliphatic heterocycles. The number of ether oxygens (including phenoxy) is 2. The first-order valence-electron chi connectivity index (χ1n) is 10.8.